The van der Waals surface area contributed by atoms with Crippen LogP contribution < -0.4 is 15.4 Å². The van der Waals surface area contributed by atoms with Crippen molar-refractivity contribution in [2.45, 2.75) is 12.5 Å². The highest BCUT2D eigenvalue weighted by Crippen LogP contribution is 2.32. The van der Waals surface area contributed by atoms with E-state index in [1.54, 1.807) is 42.5 Å². The molecule has 0 aromatic heterocycles. The molecule has 0 saturated carbocycles. The van der Waals surface area contributed by atoms with E-state index >= 15 is 0 Å². The molecule has 1 atom stereocenters. The van der Waals surface area contributed by atoms with E-state index in [0.29, 0.717) is 34.0 Å². The summed E-state index contributed by atoms with van der Waals surface area (Å²) in [7, 11) is -3.09. The van der Waals surface area contributed by atoms with Gasteiger partial charge in [0.25, 0.3) is 11.8 Å². The summed E-state index contributed by atoms with van der Waals surface area (Å²) in [4.78, 5) is 24.8. The van der Waals surface area contributed by atoms with Gasteiger partial charge in [0.15, 0.2) is 21.3 Å². The second-order valence-electron chi connectivity index (χ2n) is 6.90. The first-order valence-corrected chi connectivity index (χ1v) is 11.1. The molecular formula is C20H17ClN2O5S. The Labute approximate surface area is 172 Å². The molecule has 0 radical (unpaired) electrons. The number of hydrogen-bond acceptors (Lipinski definition) is 5. The lowest BCUT2D eigenvalue weighted by atomic mass is 10.1. The summed E-state index contributed by atoms with van der Waals surface area (Å²) in [6.07, 6.45) is 1.97. The topological polar surface area (TPSA) is 102 Å². The van der Waals surface area contributed by atoms with Crippen LogP contribution in [0.1, 0.15) is 22.3 Å². The van der Waals surface area contributed by atoms with Gasteiger partial charge < -0.3 is 15.4 Å². The summed E-state index contributed by atoms with van der Waals surface area (Å²) in [5.74, 6) is -0.318. The molecule has 9 heteroatoms. The van der Waals surface area contributed by atoms with Crippen molar-refractivity contribution < 1.29 is 22.7 Å². The normalized spacial score (nSPS) is 21.2. The standard InChI is InChI=1S/C20H17ClN2O5S/c21-14-3-1-2-12(8-14)9-18-20(25)23-16-10-13(4-5-17(16)28-18)19(24)22-15-6-7-29(26,27)11-15/h1-5,8-10,15H,6-7,11H2,(H,22,24)(H,23,25). The molecule has 29 heavy (non-hydrogen) atoms. The van der Waals surface area contributed by atoms with Crippen LogP contribution >= 0.6 is 11.6 Å². The minimum atomic E-state index is -3.09. The highest BCUT2D eigenvalue weighted by molar-refractivity contribution is 7.91. The summed E-state index contributed by atoms with van der Waals surface area (Å²) >= 11 is 5.96. The minimum Gasteiger partial charge on any atom is -0.449 e. The molecule has 1 unspecified atom stereocenters. The van der Waals surface area contributed by atoms with Crippen LogP contribution in [0.15, 0.2) is 48.2 Å². The summed E-state index contributed by atoms with van der Waals surface area (Å²) in [5, 5.41) is 5.97. The zero-order valence-electron chi connectivity index (χ0n) is 15.1. The van der Waals surface area contributed by atoms with E-state index in [0.717, 1.165) is 0 Å². The van der Waals surface area contributed by atoms with Gasteiger partial charge in [0, 0.05) is 16.6 Å². The van der Waals surface area contributed by atoms with Crippen molar-refractivity contribution >= 4 is 45.0 Å². The number of hydrogen-bond donors (Lipinski definition) is 2. The highest BCUT2D eigenvalue weighted by Gasteiger charge is 2.29. The summed E-state index contributed by atoms with van der Waals surface area (Å²) in [5.41, 5.74) is 1.39. The summed E-state index contributed by atoms with van der Waals surface area (Å²) < 4.78 is 28.8. The van der Waals surface area contributed by atoms with Crippen LogP contribution in [-0.4, -0.2) is 37.8 Å². The second kappa shape index (κ2) is 7.53. The van der Waals surface area contributed by atoms with Crippen LogP contribution in [0.2, 0.25) is 5.02 Å². The highest BCUT2D eigenvalue weighted by atomic mass is 35.5. The number of nitrogens with one attached hydrogen (secondary N) is 2. The third-order valence-electron chi connectivity index (χ3n) is 4.65. The molecular weight excluding hydrogens is 416 g/mol. The third-order valence-corrected chi connectivity index (χ3v) is 6.65. The number of sulfone groups is 1. The Bertz CT molecular complexity index is 1140. The van der Waals surface area contributed by atoms with Crippen molar-refractivity contribution in [1.29, 1.82) is 0 Å². The molecule has 0 spiro atoms. The van der Waals surface area contributed by atoms with Crippen LogP contribution in [0.4, 0.5) is 5.69 Å². The van der Waals surface area contributed by atoms with E-state index < -0.39 is 27.7 Å². The zero-order chi connectivity index (χ0) is 20.6. The van der Waals surface area contributed by atoms with E-state index in [9.17, 15) is 18.0 Å². The Balaban J connectivity index is 1.51. The molecule has 0 aliphatic carbocycles. The van der Waals surface area contributed by atoms with Gasteiger partial charge in [-0.05, 0) is 48.4 Å². The van der Waals surface area contributed by atoms with Crippen LogP contribution in [0.25, 0.3) is 6.08 Å². The number of amides is 2. The predicted molar refractivity (Wildman–Crippen MR) is 110 cm³/mol. The molecule has 2 amide bonds. The van der Waals surface area contributed by atoms with Crippen molar-refractivity contribution in [3.05, 3.63) is 64.4 Å². The molecule has 2 aliphatic rings. The van der Waals surface area contributed by atoms with Crippen molar-refractivity contribution in [2.24, 2.45) is 0 Å². The van der Waals surface area contributed by atoms with Gasteiger partial charge in [-0.2, -0.15) is 0 Å². The molecule has 0 bridgehead atoms. The second-order valence-corrected chi connectivity index (χ2v) is 9.57. The average molecular weight is 433 g/mol. The lowest BCUT2D eigenvalue weighted by Crippen LogP contribution is -2.35. The number of ether oxygens (including phenoxy) is 1. The van der Waals surface area contributed by atoms with Crippen molar-refractivity contribution in [1.82, 2.24) is 5.32 Å². The molecule has 4 rings (SSSR count). The van der Waals surface area contributed by atoms with Crippen LogP contribution in [0.5, 0.6) is 5.75 Å². The van der Waals surface area contributed by atoms with Gasteiger partial charge >= 0.3 is 0 Å². The van der Waals surface area contributed by atoms with E-state index in [-0.39, 0.29) is 17.3 Å². The lowest BCUT2D eigenvalue weighted by molar-refractivity contribution is -0.115. The van der Waals surface area contributed by atoms with Gasteiger partial charge in [0.1, 0.15) is 0 Å². The maximum absolute atomic E-state index is 12.4. The molecule has 1 saturated heterocycles. The quantitative estimate of drug-likeness (QED) is 0.726. The Hall–Kier alpha value is -2.84. The van der Waals surface area contributed by atoms with E-state index in [2.05, 4.69) is 10.6 Å². The molecule has 7 nitrogen and oxygen atoms in total. The zero-order valence-corrected chi connectivity index (χ0v) is 16.7. The molecule has 2 N–H and O–H groups in total. The maximum atomic E-state index is 12.4. The lowest BCUT2D eigenvalue weighted by Gasteiger charge is -2.21. The molecule has 1 fully saturated rings. The first-order valence-electron chi connectivity index (χ1n) is 8.91. The van der Waals surface area contributed by atoms with Gasteiger partial charge in [0.2, 0.25) is 0 Å². The van der Waals surface area contributed by atoms with Crippen LogP contribution in [-0.2, 0) is 14.6 Å². The van der Waals surface area contributed by atoms with Gasteiger partial charge in [-0.15, -0.1) is 0 Å². The van der Waals surface area contributed by atoms with E-state index in [1.165, 1.54) is 6.07 Å². The van der Waals surface area contributed by atoms with Gasteiger partial charge in [-0.1, -0.05) is 23.7 Å². The largest absolute Gasteiger partial charge is 0.449 e. The fraction of sp³-hybridized carbons (Fsp3) is 0.200. The number of anilines is 1. The van der Waals surface area contributed by atoms with Crippen molar-refractivity contribution in [3.8, 4) is 5.75 Å². The van der Waals surface area contributed by atoms with Crippen LogP contribution in [0.3, 0.4) is 0 Å². The average Bonchev–Trinajstić information content (AvgIpc) is 3.00. The first-order chi connectivity index (χ1) is 13.8. The predicted octanol–water partition coefficient (Wildman–Crippen LogP) is 2.63. The number of rotatable bonds is 3. The van der Waals surface area contributed by atoms with E-state index in [1.807, 2.05) is 0 Å². The fourth-order valence-electron chi connectivity index (χ4n) is 3.23. The number of carbonyl (C=O) groups is 2. The minimum absolute atomic E-state index is 0.0544. The number of fused-ring (bicyclic) bond motifs is 1. The van der Waals surface area contributed by atoms with Gasteiger partial charge in [0.05, 0.1) is 17.2 Å². The fourth-order valence-corrected chi connectivity index (χ4v) is 5.10. The van der Waals surface area contributed by atoms with Crippen molar-refractivity contribution in [3.63, 3.8) is 0 Å². The van der Waals surface area contributed by atoms with Crippen LogP contribution in [0, 0.1) is 0 Å². The first kappa shape index (κ1) is 19.5. The molecule has 150 valence electrons. The monoisotopic (exact) mass is 432 g/mol. The smallest absolute Gasteiger partial charge is 0.291 e. The number of benzene rings is 2. The molecule has 2 aromatic rings. The van der Waals surface area contributed by atoms with Gasteiger partial charge in [-0.25, -0.2) is 8.42 Å². The van der Waals surface area contributed by atoms with E-state index in [4.69, 9.17) is 16.3 Å². The Kier molecular flexibility index (Phi) is 5.06. The Morgan fingerprint density at radius 3 is 2.79 bits per heavy atom. The number of carbonyl (C=O) groups excluding carboxylic acids is 2. The molecule has 2 aliphatic heterocycles. The Morgan fingerprint density at radius 2 is 2.07 bits per heavy atom. The summed E-state index contributed by atoms with van der Waals surface area (Å²) in [6.45, 7) is 0. The third kappa shape index (κ3) is 4.44. The Morgan fingerprint density at radius 1 is 1.24 bits per heavy atom. The van der Waals surface area contributed by atoms with Crippen molar-refractivity contribution in [2.75, 3.05) is 16.8 Å². The molecule has 2 aromatic carbocycles. The maximum Gasteiger partial charge on any atom is 0.291 e. The number of halogens is 1. The molecule has 2 heterocycles. The van der Waals surface area contributed by atoms with Gasteiger partial charge in [-0.3, -0.25) is 9.59 Å². The SMILES string of the molecule is O=C1Nc2cc(C(=O)NC3CCS(=O)(=O)C3)ccc2OC1=Cc1cccc(Cl)c1. The summed E-state index contributed by atoms with van der Waals surface area (Å²) in [6, 6.07) is 11.2.